The van der Waals surface area contributed by atoms with Gasteiger partial charge < -0.3 is 9.64 Å². The first-order valence-corrected chi connectivity index (χ1v) is 7.70. The van der Waals surface area contributed by atoms with Gasteiger partial charge in [0.2, 0.25) is 0 Å². The molecule has 2 aliphatic rings. The molecule has 5 nitrogen and oxygen atoms in total. The molecular weight excluding hydrogens is 278 g/mol. The fraction of sp³-hybridized carbons (Fsp3) is 0.412. The lowest BCUT2D eigenvalue weighted by atomic mass is 10.00. The Hall–Kier alpha value is -2.14. The summed E-state index contributed by atoms with van der Waals surface area (Å²) < 4.78 is 7.25. The van der Waals surface area contributed by atoms with Crippen molar-refractivity contribution in [3.05, 3.63) is 52.8 Å². The van der Waals surface area contributed by atoms with E-state index in [1.807, 2.05) is 21.7 Å². The molecule has 1 aromatic heterocycles. The van der Waals surface area contributed by atoms with E-state index in [1.54, 1.807) is 7.11 Å². The highest BCUT2D eigenvalue weighted by Crippen LogP contribution is 2.22. The molecule has 1 amide bonds. The number of nitrogens with zero attached hydrogens (tertiary/aromatic N) is 3. The van der Waals surface area contributed by atoms with Crippen molar-refractivity contribution in [3.63, 3.8) is 0 Å². The van der Waals surface area contributed by atoms with Crippen molar-refractivity contribution < 1.29 is 9.53 Å². The number of hydrogen-bond acceptors (Lipinski definition) is 3. The van der Waals surface area contributed by atoms with Gasteiger partial charge in [-0.3, -0.25) is 9.48 Å². The number of hydrogen-bond donors (Lipinski definition) is 0. The van der Waals surface area contributed by atoms with Gasteiger partial charge in [-0.15, -0.1) is 0 Å². The Kier molecular flexibility index (Phi) is 3.22. The third kappa shape index (κ3) is 2.22. The molecule has 0 N–H and O–H groups in total. The van der Waals surface area contributed by atoms with Gasteiger partial charge in [-0.1, -0.05) is 24.3 Å². The molecule has 4 rings (SSSR count). The first kappa shape index (κ1) is 13.5. The second-order valence-corrected chi connectivity index (χ2v) is 6.01. The highest BCUT2D eigenvalue weighted by Gasteiger charge is 2.28. The van der Waals surface area contributed by atoms with Crippen LogP contribution < -0.4 is 0 Å². The number of methoxy groups -OCH3 is 1. The van der Waals surface area contributed by atoms with Crippen LogP contribution in [0.5, 0.6) is 0 Å². The van der Waals surface area contributed by atoms with Gasteiger partial charge >= 0.3 is 0 Å². The number of fused-ring (bicyclic) bond motifs is 2. The van der Waals surface area contributed by atoms with Crippen LogP contribution in [0.3, 0.4) is 0 Å². The Bertz CT molecular complexity index is 699. The summed E-state index contributed by atoms with van der Waals surface area (Å²) in [4.78, 5) is 14.6. The Morgan fingerprint density at radius 2 is 2.14 bits per heavy atom. The molecule has 0 spiro atoms. The van der Waals surface area contributed by atoms with Gasteiger partial charge in [0.15, 0.2) is 5.69 Å². The topological polar surface area (TPSA) is 47.4 Å². The monoisotopic (exact) mass is 297 g/mol. The number of rotatable bonds is 2. The number of carbonyl (C=O) groups excluding carboxylic acids is 1. The fourth-order valence-electron chi connectivity index (χ4n) is 3.36. The Morgan fingerprint density at radius 1 is 1.32 bits per heavy atom. The molecule has 0 radical (unpaired) electrons. The van der Waals surface area contributed by atoms with E-state index in [2.05, 4.69) is 23.3 Å². The third-order valence-electron chi connectivity index (χ3n) is 4.65. The highest BCUT2D eigenvalue weighted by molar-refractivity contribution is 5.92. The maximum Gasteiger partial charge on any atom is 0.274 e. The summed E-state index contributed by atoms with van der Waals surface area (Å²) in [5, 5.41) is 4.47. The van der Waals surface area contributed by atoms with Crippen molar-refractivity contribution in [3.8, 4) is 0 Å². The molecule has 0 aliphatic carbocycles. The number of ether oxygens (including phenoxy) is 1. The average Bonchev–Trinajstić information content (AvgIpc) is 3.12. The van der Waals surface area contributed by atoms with Crippen molar-refractivity contribution in [2.24, 2.45) is 0 Å². The quantitative estimate of drug-likeness (QED) is 0.847. The SMILES string of the molecule is COC1Cc2cc(C(=O)N3CCc4ccccc4C3)nn2C1. The summed E-state index contributed by atoms with van der Waals surface area (Å²) in [6, 6.07) is 10.3. The fourth-order valence-corrected chi connectivity index (χ4v) is 3.36. The molecule has 0 saturated carbocycles. The largest absolute Gasteiger partial charge is 0.379 e. The summed E-state index contributed by atoms with van der Waals surface area (Å²) >= 11 is 0. The molecule has 0 bridgehead atoms. The molecule has 2 aliphatic heterocycles. The van der Waals surface area contributed by atoms with Crippen LogP contribution in [0.1, 0.15) is 27.3 Å². The van der Waals surface area contributed by atoms with E-state index >= 15 is 0 Å². The normalized spacial score (nSPS) is 19.9. The van der Waals surface area contributed by atoms with E-state index in [-0.39, 0.29) is 12.0 Å². The first-order chi connectivity index (χ1) is 10.7. The molecule has 1 unspecified atom stereocenters. The standard InChI is InChI=1S/C17H19N3O2/c1-22-15-8-14-9-16(18-20(14)11-15)17(21)19-7-6-12-4-2-3-5-13(12)10-19/h2-5,9,15H,6-8,10-11H2,1H3. The third-order valence-corrected chi connectivity index (χ3v) is 4.65. The Labute approximate surface area is 129 Å². The minimum atomic E-state index is 0.0327. The van der Waals surface area contributed by atoms with Crippen LogP contribution in [0, 0.1) is 0 Å². The molecule has 1 atom stereocenters. The van der Waals surface area contributed by atoms with Crippen LogP contribution in [-0.2, 0) is 30.7 Å². The number of amides is 1. The lowest BCUT2D eigenvalue weighted by molar-refractivity contribution is 0.0724. The van der Waals surface area contributed by atoms with Gasteiger partial charge in [0.25, 0.3) is 5.91 Å². The molecule has 114 valence electrons. The zero-order chi connectivity index (χ0) is 15.1. The van der Waals surface area contributed by atoms with Crippen LogP contribution in [0.25, 0.3) is 0 Å². The van der Waals surface area contributed by atoms with E-state index < -0.39 is 0 Å². The predicted molar refractivity (Wildman–Crippen MR) is 81.6 cm³/mol. The van der Waals surface area contributed by atoms with Crippen LogP contribution in [0.15, 0.2) is 30.3 Å². The molecule has 0 saturated heterocycles. The summed E-state index contributed by atoms with van der Waals surface area (Å²) in [5.41, 5.74) is 4.24. The molecule has 1 aromatic carbocycles. The van der Waals surface area contributed by atoms with Crippen molar-refractivity contribution in [2.75, 3.05) is 13.7 Å². The van der Waals surface area contributed by atoms with Crippen LogP contribution in [0.2, 0.25) is 0 Å². The summed E-state index contributed by atoms with van der Waals surface area (Å²) in [5.74, 6) is 0.0327. The minimum absolute atomic E-state index is 0.0327. The maximum atomic E-state index is 12.7. The van der Waals surface area contributed by atoms with Gasteiger partial charge in [0.05, 0.1) is 12.6 Å². The Balaban J connectivity index is 1.52. The van der Waals surface area contributed by atoms with Crippen molar-refractivity contribution in [2.45, 2.75) is 32.0 Å². The first-order valence-electron chi connectivity index (χ1n) is 7.70. The molecule has 3 heterocycles. The predicted octanol–water partition coefficient (Wildman–Crippen LogP) is 1.65. The summed E-state index contributed by atoms with van der Waals surface area (Å²) in [6.45, 7) is 2.18. The van der Waals surface area contributed by atoms with E-state index in [4.69, 9.17) is 4.74 Å². The van der Waals surface area contributed by atoms with E-state index in [1.165, 1.54) is 11.1 Å². The lowest BCUT2D eigenvalue weighted by Gasteiger charge is -2.28. The van der Waals surface area contributed by atoms with Gasteiger partial charge in [0, 0.05) is 32.3 Å². The second-order valence-electron chi connectivity index (χ2n) is 6.01. The van der Waals surface area contributed by atoms with Gasteiger partial charge in [0.1, 0.15) is 0 Å². The van der Waals surface area contributed by atoms with Gasteiger partial charge in [-0.25, -0.2) is 0 Å². The van der Waals surface area contributed by atoms with Crippen LogP contribution in [0.4, 0.5) is 0 Å². The Morgan fingerprint density at radius 3 is 2.91 bits per heavy atom. The van der Waals surface area contributed by atoms with E-state index in [0.717, 1.165) is 31.6 Å². The van der Waals surface area contributed by atoms with Gasteiger partial charge in [-0.2, -0.15) is 5.10 Å². The van der Waals surface area contributed by atoms with E-state index in [9.17, 15) is 4.79 Å². The number of aromatic nitrogens is 2. The molecular formula is C17H19N3O2. The van der Waals surface area contributed by atoms with Crippen molar-refractivity contribution >= 4 is 5.91 Å². The molecule has 5 heteroatoms. The van der Waals surface area contributed by atoms with E-state index in [0.29, 0.717) is 12.2 Å². The second kappa shape index (κ2) is 5.25. The molecule has 0 fully saturated rings. The summed E-state index contributed by atoms with van der Waals surface area (Å²) in [6.07, 6.45) is 1.94. The molecule has 22 heavy (non-hydrogen) atoms. The van der Waals surface area contributed by atoms with Crippen LogP contribution >= 0.6 is 0 Å². The van der Waals surface area contributed by atoms with Crippen LogP contribution in [-0.4, -0.2) is 40.3 Å². The maximum absolute atomic E-state index is 12.7. The summed E-state index contributed by atoms with van der Waals surface area (Å²) in [7, 11) is 1.72. The van der Waals surface area contributed by atoms with Crippen molar-refractivity contribution in [1.29, 1.82) is 0 Å². The highest BCUT2D eigenvalue weighted by atomic mass is 16.5. The van der Waals surface area contributed by atoms with Gasteiger partial charge in [-0.05, 0) is 23.6 Å². The number of benzene rings is 1. The molecule has 2 aromatic rings. The minimum Gasteiger partial charge on any atom is -0.379 e. The average molecular weight is 297 g/mol. The zero-order valence-electron chi connectivity index (χ0n) is 12.7. The number of carbonyl (C=O) groups is 1. The van der Waals surface area contributed by atoms with Crippen molar-refractivity contribution in [1.82, 2.24) is 14.7 Å². The lowest BCUT2D eigenvalue weighted by Crippen LogP contribution is -2.36. The zero-order valence-corrected chi connectivity index (χ0v) is 12.7. The smallest absolute Gasteiger partial charge is 0.274 e.